The number of hydrazone groups is 1. The quantitative estimate of drug-likeness (QED) is 0.788. The molecule has 1 atom stereocenters. The van der Waals surface area contributed by atoms with Crippen molar-refractivity contribution in [2.24, 2.45) is 5.10 Å². The van der Waals surface area contributed by atoms with Crippen LogP contribution in [0.15, 0.2) is 47.6 Å². The number of hydrogen-bond donors (Lipinski definition) is 1. The largest absolute Gasteiger partial charge is 0.284 e. The van der Waals surface area contributed by atoms with E-state index < -0.39 is 0 Å². The van der Waals surface area contributed by atoms with Crippen molar-refractivity contribution in [1.29, 1.82) is 0 Å². The van der Waals surface area contributed by atoms with Crippen molar-refractivity contribution < 1.29 is 4.79 Å². The summed E-state index contributed by atoms with van der Waals surface area (Å²) in [4.78, 5) is 13.0. The fourth-order valence-electron chi connectivity index (χ4n) is 4.16. The lowest BCUT2D eigenvalue weighted by Gasteiger charge is -2.26. The molecule has 0 spiro atoms. The SMILES string of the molecule is Cc1ccccc1C1CC(C(=O)NN2CCCCC2)=NN1c1ccc(Cl)cc1C. The summed E-state index contributed by atoms with van der Waals surface area (Å²) >= 11 is 6.17. The molecule has 2 aliphatic heterocycles. The average Bonchev–Trinajstić information content (AvgIpc) is 3.14. The minimum atomic E-state index is -0.0976. The monoisotopic (exact) mass is 410 g/mol. The summed E-state index contributed by atoms with van der Waals surface area (Å²) in [5.74, 6) is -0.0976. The summed E-state index contributed by atoms with van der Waals surface area (Å²) in [6.07, 6.45) is 4.04. The molecule has 1 N–H and O–H groups in total. The molecule has 0 aromatic heterocycles. The van der Waals surface area contributed by atoms with E-state index in [2.05, 4.69) is 24.5 Å². The molecule has 2 aromatic rings. The fourth-order valence-corrected chi connectivity index (χ4v) is 4.39. The molecule has 5 nitrogen and oxygen atoms in total. The highest BCUT2D eigenvalue weighted by molar-refractivity contribution is 6.39. The van der Waals surface area contributed by atoms with Gasteiger partial charge in [0.05, 0.1) is 11.7 Å². The Balaban J connectivity index is 1.65. The van der Waals surface area contributed by atoms with Crippen molar-refractivity contribution in [3.8, 4) is 0 Å². The first-order chi connectivity index (χ1) is 14.0. The van der Waals surface area contributed by atoms with E-state index in [4.69, 9.17) is 16.7 Å². The van der Waals surface area contributed by atoms with Gasteiger partial charge in [0, 0.05) is 24.5 Å². The molecule has 0 radical (unpaired) electrons. The van der Waals surface area contributed by atoms with E-state index in [1.54, 1.807) is 0 Å². The maximum atomic E-state index is 13.0. The van der Waals surface area contributed by atoms with Crippen LogP contribution in [0.3, 0.4) is 0 Å². The number of carbonyl (C=O) groups is 1. The molecular formula is C23H27ClN4O. The number of hydrogen-bond acceptors (Lipinski definition) is 4. The third-order valence-corrected chi connectivity index (χ3v) is 5.98. The van der Waals surface area contributed by atoms with E-state index in [0.717, 1.165) is 37.2 Å². The summed E-state index contributed by atoms with van der Waals surface area (Å²) in [6.45, 7) is 5.94. The number of benzene rings is 2. The zero-order valence-electron chi connectivity index (χ0n) is 17.0. The second kappa shape index (κ2) is 8.56. The first-order valence-corrected chi connectivity index (χ1v) is 10.6. The highest BCUT2D eigenvalue weighted by Crippen LogP contribution is 2.38. The van der Waals surface area contributed by atoms with Gasteiger partial charge in [-0.2, -0.15) is 5.10 Å². The van der Waals surface area contributed by atoms with E-state index in [-0.39, 0.29) is 11.9 Å². The lowest BCUT2D eigenvalue weighted by Crippen LogP contribution is -2.47. The number of hydrazine groups is 1. The molecule has 2 aromatic carbocycles. The maximum absolute atomic E-state index is 13.0. The topological polar surface area (TPSA) is 47.9 Å². The van der Waals surface area contributed by atoms with Gasteiger partial charge in [0.15, 0.2) is 0 Å². The minimum Gasteiger partial charge on any atom is -0.284 e. The maximum Gasteiger partial charge on any atom is 0.281 e. The Bertz CT molecular complexity index is 936. The first-order valence-electron chi connectivity index (χ1n) is 10.3. The van der Waals surface area contributed by atoms with Gasteiger partial charge in [-0.25, -0.2) is 5.01 Å². The lowest BCUT2D eigenvalue weighted by atomic mass is 9.96. The van der Waals surface area contributed by atoms with Gasteiger partial charge in [-0.15, -0.1) is 0 Å². The summed E-state index contributed by atoms with van der Waals surface area (Å²) in [7, 11) is 0. The number of nitrogens with zero attached hydrogens (tertiary/aromatic N) is 3. The van der Waals surface area contributed by atoms with E-state index in [9.17, 15) is 4.79 Å². The molecular weight excluding hydrogens is 384 g/mol. The van der Waals surface area contributed by atoms with E-state index in [1.807, 2.05) is 47.3 Å². The highest BCUT2D eigenvalue weighted by atomic mass is 35.5. The second-order valence-corrected chi connectivity index (χ2v) is 8.32. The van der Waals surface area contributed by atoms with Gasteiger partial charge >= 0.3 is 0 Å². The Morgan fingerprint density at radius 2 is 1.83 bits per heavy atom. The molecule has 1 unspecified atom stereocenters. The van der Waals surface area contributed by atoms with Crippen LogP contribution in [-0.4, -0.2) is 29.7 Å². The van der Waals surface area contributed by atoms with Gasteiger partial charge in [-0.3, -0.25) is 15.2 Å². The van der Waals surface area contributed by atoms with Crippen LogP contribution in [0, 0.1) is 13.8 Å². The van der Waals surface area contributed by atoms with E-state index >= 15 is 0 Å². The number of aryl methyl sites for hydroxylation is 2. The zero-order valence-corrected chi connectivity index (χ0v) is 17.7. The molecule has 1 fully saturated rings. The summed E-state index contributed by atoms with van der Waals surface area (Å²) in [5, 5.41) is 9.49. The number of carbonyl (C=O) groups excluding carboxylic acids is 1. The van der Waals surface area contributed by atoms with Crippen molar-refractivity contribution >= 4 is 28.9 Å². The minimum absolute atomic E-state index is 0.0156. The van der Waals surface area contributed by atoms with Crippen molar-refractivity contribution in [1.82, 2.24) is 10.4 Å². The molecule has 1 saturated heterocycles. The van der Waals surface area contributed by atoms with Gasteiger partial charge in [-0.05, 0) is 61.6 Å². The Morgan fingerprint density at radius 3 is 2.55 bits per heavy atom. The third kappa shape index (κ3) is 4.31. The number of anilines is 1. The predicted molar refractivity (Wildman–Crippen MR) is 118 cm³/mol. The van der Waals surface area contributed by atoms with Crippen LogP contribution >= 0.6 is 11.6 Å². The van der Waals surface area contributed by atoms with Crippen molar-refractivity contribution in [2.75, 3.05) is 18.1 Å². The molecule has 4 rings (SSSR count). The van der Waals surface area contributed by atoms with Gasteiger partial charge < -0.3 is 0 Å². The summed E-state index contributed by atoms with van der Waals surface area (Å²) < 4.78 is 0. The molecule has 6 heteroatoms. The van der Waals surface area contributed by atoms with Crippen LogP contribution in [0.5, 0.6) is 0 Å². The van der Waals surface area contributed by atoms with Gasteiger partial charge in [0.2, 0.25) is 0 Å². The summed E-state index contributed by atoms with van der Waals surface area (Å²) in [5.41, 5.74) is 8.02. The number of rotatable bonds is 4. The summed E-state index contributed by atoms with van der Waals surface area (Å²) in [6, 6.07) is 14.1. The smallest absolute Gasteiger partial charge is 0.281 e. The number of nitrogens with one attached hydrogen (secondary N) is 1. The standard InChI is InChI=1S/C23H27ClN4O/c1-16-8-4-5-9-19(16)22-15-20(23(29)26-27-12-6-3-7-13-27)25-28(22)21-11-10-18(24)14-17(21)2/h4-5,8-11,14,22H,3,6-7,12-13,15H2,1-2H3,(H,26,29). The van der Waals surface area contributed by atoms with E-state index in [1.165, 1.54) is 17.5 Å². The predicted octanol–water partition coefficient (Wildman–Crippen LogP) is 4.78. The van der Waals surface area contributed by atoms with Crippen LogP contribution in [0.1, 0.15) is 48.4 Å². The van der Waals surface area contributed by atoms with Crippen LogP contribution in [0.2, 0.25) is 5.02 Å². The van der Waals surface area contributed by atoms with Crippen LogP contribution < -0.4 is 10.4 Å². The molecule has 152 valence electrons. The van der Waals surface area contributed by atoms with Crippen molar-refractivity contribution in [3.05, 3.63) is 64.2 Å². The Kier molecular flexibility index (Phi) is 5.88. The Labute approximate surface area is 177 Å². The Morgan fingerprint density at radius 1 is 1.07 bits per heavy atom. The molecule has 29 heavy (non-hydrogen) atoms. The number of halogens is 1. The second-order valence-electron chi connectivity index (χ2n) is 7.89. The van der Waals surface area contributed by atoms with E-state index in [0.29, 0.717) is 17.2 Å². The fraction of sp³-hybridized carbons (Fsp3) is 0.391. The van der Waals surface area contributed by atoms with Gasteiger partial charge in [0.25, 0.3) is 5.91 Å². The molecule has 0 aliphatic carbocycles. The van der Waals surface area contributed by atoms with Gasteiger partial charge in [0.1, 0.15) is 5.71 Å². The molecule has 0 bridgehead atoms. The molecule has 1 amide bonds. The van der Waals surface area contributed by atoms with Gasteiger partial charge in [-0.1, -0.05) is 42.3 Å². The zero-order chi connectivity index (χ0) is 20.4. The first kappa shape index (κ1) is 19.9. The highest BCUT2D eigenvalue weighted by Gasteiger charge is 2.34. The average molecular weight is 411 g/mol. The van der Waals surface area contributed by atoms with Crippen LogP contribution in [0.25, 0.3) is 0 Å². The molecule has 2 aliphatic rings. The molecule has 2 heterocycles. The number of piperidine rings is 1. The molecule has 0 saturated carbocycles. The van der Waals surface area contributed by atoms with Crippen LogP contribution in [-0.2, 0) is 4.79 Å². The van der Waals surface area contributed by atoms with Crippen LogP contribution in [0.4, 0.5) is 5.69 Å². The number of amides is 1. The van der Waals surface area contributed by atoms with Crippen molar-refractivity contribution in [3.63, 3.8) is 0 Å². The van der Waals surface area contributed by atoms with Crippen molar-refractivity contribution in [2.45, 2.75) is 45.6 Å². The normalized spacial score (nSPS) is 19.9. The lowest BCUT2D eigenvalue weighted by molar-refractivity contribution is -0.119. The third-order valence-electron chi connectivity index (χ3n) is 5.74. The Hall–Kier alpha value is -2.37.